The predicted octanol–water partition coefficient (Wildman–Crippen LogP) is 3.25. The molecule has 0 amide bonds. The fourth-order valence-electron chi connectivity index (χ4n) is 2.29. The van der Waals surface area contributed by atoms with Crippen molar-refractivity contribution in [3.63, 3.8) is 0 Å². The molecule has 2 aromatic heterocycles. The number of nitrogens with zero attached hydrogens (tertiary/aromatic N) is 2. The van der Waals surface area contributed by atoms with Crippen molar-refractivity contribution in [2.24, 2.45) is 0 Å². The molecule has 112 valence electrons. The Kier molecular flexibility index (Phi) is 3.58. The maximum atomic E-state index is 11.5. The zero-order valence-electron chi connectivity index (χ0n) is 12.4. The number of aromatic nitrogens is 2. The summed E-state index contributed by atoms with van der Waals surface area (Å²) >= 11 is 0. The minimum atomic E-state index is -3.17. The van der Waals surface area contributed by atoms with Gasteiger partial charge in [0.15, 0.2) is 9.84 Å². The van der Waals surface area contributed by atoms with E-state index in [2.05, 4.69) is 4.98 Å². The molecule has 0 bridgehead atoms. The molecule has 2 heterocycles. The molecule has 0 spiro atoms. The molecule has 0 saturated carbocycles. The maximum absolute atomic E-state index is 11.5. The number of pyridine rings is 1. The van der Waals surface area contributed by atoms with Crippen molar-refractivity contribution in [1.82, 2.24) is 9.55 Å². The van der Waals surface area contributed by atoms with E-state index < -0.39 is 9.84 Å². The minimum absolute atomic E-state index is 0.322. The molecule has 0 aliphatic rings. The Hall–Kier alpha value is -2.40. The molecule has 0 fully saturated rings. The van der Waals surface area contributed by atoms with Crippen LogP contribution in [-0.4, -0.2) is 24.2 Å². The molecule has 0 N–H and O–H groups in total. The SMILES string of the molecule is Cc1ccc(-n2cccc2-c2ccc(S(C)(=O)=O)cc2)nc1. The van der Waals surface area contributed by atoms with E-state index in [-0.39, 0.29) is 0 Å². The van der Waals surface area contributed by atoms with E-state index in [4.69, 9.17) is 0 Å². The number of hydrogen-bond donors (Lipinski definition) is 0. The molecular formula is C17H16N2O2S. The Morgan fingerprint density at radius 3 is 2.32 bits per heavy atom. The van der Waals surface area contributed by atoms with Gasteiger partial charge in [0, 0.05) is 18.6 Å². The van der Waals surface area contributed by atoms with E-state index in [1.165, 1.54) is 6.26 Å². The number of rotatable bonds is 3. The molecule has 1 aromatic carbocycles. The van der Waals surface area contributed by atoms with Crippen LogP contribution in [0.5, 0.6) is 0 Å². The van der Waals surface area contributed by atoms with Gasteiger partial charge < -0.3 is 4.57 Å². The third-order valence-corrected chi connectivity index (χ3v) is 4.60. The summed E-state index contributed by atoms with van der Waals surface area (Å²) in [6, 6.07) is 14.8. The van der Waals surface area contributed by atoms with Gasteiger partial charge in [0.2, 0.25) is 0 Å². The van der Waals surface area contributed by atoms with Crippen LogP contribution in [0.25, 0.3) is 17.1 Å². The third-order valence-electron chi connectivity index (χ3n) is 3.47. The Morgan fingerprint density at radius 2 is 1.73 bits per heavy atom. The van der Waals surface area contributed by atoms with E-state index >= 15 is 0 Å². The fourth-order valence-corrected chi connectivity index (χ4v) is 2.92. The second-order valence-corrected chi connectivity index (χ2v) is 7.27. The van der Waals surface area contributed by atoms with Crippen LogP contribution < -0.4 is 0 Å². The fraction of sp³-hybridized carbons (Fsp3) is 0.118. The van der Waals surface area contributed by atoms with Gasteiger partial charge in [0.05, 0.1) is 10.6 Å². The summed E-state index contributed by atoms with van der Waals surface area (Å²) in [7, 11) is -3.17. The monoisotopic (exact) mass is 312 g/mol. The third kappa shape index (κ3) is 2.80. The second-order valence-electron chi connectivity index (χ2n) is 5.25. The smallest absolute Gasteiger partial charge is 0.175 e. The average Bonchev–Trinajstić information content (AvgIpc) is 2.97. The van der Waals surface area contributed by atoms with Crippen LogP contribution in [0, 0.1) is 6.92 Å². The Morgan fingerprint density at radius 1 is 1.00 bits per heavy atom. The minimum Gasteiger partial charge on any atom is -0.301 e. The van der Waals surface area contributed by atoms with Crippen molar-refractivity contribution < 1.29 is 8.42 Å². The standard InChI is InChI=1S/C17H16N2O2S/c1-13-5-10-17(18-12-13)19-11-3-4-16(19)14-6-8-15(9-7-14)22(2,20)21/h3-12H,1-2H3. The first-order chi connectivity index (χ1) is 10.4. The van der Waals surface area contributed by atoms with Gasteiger partial charge in [-0.05, 0) is 48.4 Å². The van der Waals surface area contributed by atoms with Gasteiger partial charge in [0.25, 0.3) is 0 Å². The van der Waals surface area contributed by atoms with E-state index in [1.807, 2.05) is 60.3 Å². The van der Waals surface area contributed by atoms with E-state index in [1.54, 1.807) is 12.1 Å². The lowest BCUT2D eigenvalue weighted by molar-refractivity contribution is 0.602. The van der Waals surface area contributed by atoms with Crippen LogP contribution in [0.15, 0.2) is 65.8 Å². The van der Waals surface area contributed by atoms with Gasteiger partial charge >= 0.3 is 0 Å². The average molecular weight is 312 g/mol. The summed E-state index contributed by atoms with van der Waals surface area (Å²) in [5.41, 5.74) is 3.02. The normalized spacial score (nSPS) is 11.5. The number of hydrogen-bond acceptors (Lipinski definition) is 3. The summed E-state index contributed by atoms with van der Waals surface area (Å²) < 4.78 is 25.1. The lowest BCUT2D eigenvalue weighted by atomic mass is 10.1. The Bertz CT molecular complexity index is 893. The zero-order valence-corrected chi connectivity index (χ0v) is 13.2. The molecule has 0 aliphatic carbocycles. The first-order valence-electron chi connectivity index (χ1n) is 6.86. The molecule has 3 aromatic rings. The van der Waals surface area contributed by atoms with Gasteiger partial charge in [-0.2, -0.15) is 0 Å². The Balaban J connectivity index is 2.03. The van der Waals surface area contributed by atoms with Gasteiger partial charge in [0.1, 0.15) is 5.82 Å². The topological polar surface area (TPSA) is 52.0 Å². The largest absolute Gasteiger partial charge is 0.301 e. The van der Waals surface area contributed by atoms with Crippen molar-refractivity contribution in [2.75, 3.05) is 6.26 Å². The maximum Gasteiger partial charge on any atom is 0.175 e. The van der Waals surface area contributed by atoms with Crippen molar-refractivity contribution >= 4 is 9.84 Å². The molecule has 0 atom stereocenters. The molecule has 4 nitrogen and oxygen atoms in total. The lowest BCUT2D eigenvalue weighted by Gasteiger charge is -2.09. The van der Waals surface area contributed by atoms with Crippen molar-refractivity contribution in [1.29, 1.82) is 0 Å². The van der Waals surface area contributed by atoms with Crippen molar-refractivity contribution in [3.8, 4) is 17.1 Å². The second kappa shape index (κ2) is 5.42. The summed E-state index contributed by atoms with van der Waals surface area (Å²) in [4.78, 5) is 4.75. The summed E-state index contributed by atoms with van der Waals surface area (Å²) in [5.74, 6) is 0.831. The first kappa shape index (κ1) is 14.5. The summed E-state index contributed by atoms with van der Waals surface area (Å²) in [5, 5.41) is 0. The zero-order chi connectivity index (χ0) is 15.7. The van der Waals surface area contributed by atoms with Crippen LogP contribution in [0.1, 0.15) is 5.56 Å². The lowest BCUT2D eigenvalue weighted by Crippen LogP contribution is -1.99. The molecule has 0 aliphatic heterocycles. The highest BCUT2D eigenvalue weighted by Gasteiger charge is 2.10. The van der Waals surface area contributed by atoms with E-state index in [0.29, 0.717) is 4.90 Å². The van der Waals surface area contributed by atoms with Crippen LogP contribution >= 0.6 is 0 Å². The van der Waals surface area contributed by atoms with E-state index in [0.717, 1.165) is 22.6 Å². The molecule has 0 unspecified atom stereocenters. The molecular weight excluding hydrogens is 296 g/mol. The molecule has 5 heteroatoms. The highest BCUT2D eigenvalue weighted by molar-refractivity contribution is 7.90. The number of aryl methyl sites for hydroxylation is 1. The number of benzene rings is 1. The molecule has 0 saturated heterocycles. The molecule has 3 rings (SSSR count). The molecule has 22 heavy (non-hydrogen) atoms. The van der Waals surface area contributed by atoms with Crippen LogP contribution in [-0.2, 0) is 9.84 Å². The summed E-state index contributed by atoms with van der Waals surface area (Å²) in [6.07, 6.45) is 4.98. The van der Waals surface area contributed by atoms with Crippen molar-refractivity contribution in [3.05, 3.63) is 66.5 Å². The van der Waals surface area contributed by atoms with Gasteiger partial charge in [-0.3, -0.25) is 0 Å². The Labute approximate surface area is 130 Å². The van der Waals surface area contributed by atoms with Crippen molar-refractivity contribution in [2.45, 2.75) is 11.8 Å². The quantitative estimate of drug-likeness (QED) is 0.746. The van der Waals surface area contributed by atoms with E-state index in [9.17, 15) is 8.42 Å². The van der Waals surface area contributed by atoms with Gasteiger partial charge in [-0.25, -0.2) is 13.4 Å². The highest BCUT2D eigenvalue weighted by Crippen LogP contribution is 2.24. The van der Waals surface area contributed by atoms with Crippen LogP contribution in [0.3, 0.4) is 0 Å². The molecule has 0 radical (unpaired) electrons. The highest BCUT2D eigenvalue weighted by atomic mass is 32.2. The summed E-state index contributed by atoms with van der Waals surface area (Å²) in [6.45, 7) is 2.00. The van der Waals surface area contributed by atoms with Crippen LogP contribution in [0.2, 0.25) is 0 Å². The first-order valence-corrected chi connectivity index (χ1v) is 8.75. The van der Waals surface area contributed by atoms with Crippen LogP contribution in [0.4, 0.5) is 0 Å². The predicted molar refractivity (Wildman–Crippen MR) is 86.8 cm³/mol. The van der Waals surface area contributed by atoms with Gasteiger partial charge in [-0.15, -0.1) is 0 Å². The van der Waals surface area contributed by atoms with Gasteiger partial charge in [-0.1, -0.05) is 18.2 Å². The number of sulfone groups is 1.